The average Bonchev–Trinajstić information content (AvgIpc) is 2.65. The molecular formula is C10H7BrO2S. The van der Waals surface area contributed by atoms with Gasteiger partial charge in [-0.1, -0.05) is 0 Å². The number of benzene rings is 1. The molecule has 0 aliphatic rings. The first-order valence-corrected chi connectivity index (χ1v) is 5.64. The Balaban J connectivity index is 2.85. The van der Waals surface area contributed by atoms with Gasteiger partial charge in [0.1, 0.15) is 5.75 Å². The van der Waals surface area contributed by atoms with Gasteiger partial charge in [-0.2, -0.15) is 0 Å². The molecule has 4 heteroatoms. The highest BCUT2D eigenvalue weighted by atomic mass is 79.9. The molecule has 2 rings (SSSR count). The number of carbonyl (C=O) groups is 1. The lowest BCUT2D eigenvalue weighted by molar-refractivity contribution is 0.112. The Kier molecular flexibility index (Phi) is 2.56. The standard InChI is InChI=1S/C10H7BrO2S/c1-13-8-4-6-2-3-14-10(6)9(11)7(8)5-12/h2-5H,1H3. The van der Waals surface area contributed by atoms with Gasteiger partial charge in [0.2, 0.25) is 0 Å². The maximum absolute atomic E-state index is 10.9. The molecule has 0 unspecified atom stereocenters. The Morgan fingerprint density at radius 1 is 1.57 bits per heavy atom. The molecule has 0 N–H and O–H groups in total. The van der Waals surface area contributed by atoms with Crippen LogP contribution in [-0.4, -0.2) is 13.4 Å². The number of hydrogen-bond donors (Lipinski definition) is 0. The molecule has 1 aromatic carbocycles. The first-order valence-electron chi connectivity index (χ1n) is 3.96. The summed E-state index contributed by atoms with van der Waals surface area (Å²) in [6, 6.07) is 3.88. The lowest BCUT2D eigenvalue weighted by atomic mass is 10.2. The molecule has 0 aliphatic carbocycles. The van der Waals surface area contributed by atoms with Crippen molar-refractivity contribution < 1.29 is 9.53 Å². The second kappa shape index (κ2) is 3.71. The van der Waals surface area contributed by atoms with Gasteiger partial charge in [-0.25, -0.2) is 0 Å². The van der Waals surface area contributed by atoms with Crippen LogP contribution in [0.2, 0.25) is 0 Å². The van der Waals surface area contributed by atoms with Crippen LogP contribution in [0.15, 0.2) is 22.0 Å². The fourth-order valence-electron chi connectivity index (χ4n) is 1.34. The highest BCUT2D eigenvalue weighted by Crippen LogP contribution is 2.36. The zero-order chi connectivity index (χ0) is 10.1. The molecule has 0 saturated carbocycles. The monoisotopic (exact) mass is 270 g/mol. The van der Waals surface area contributed by atoms with Crippen LogP contribution < -0.4 is 4.74 Å². The zero-order valence-electron chi connectivity index (χ0n) is 7.41. The topological polar surface area (TPSA) is 26.3 Å². The van der Waals surface area contributed by atoms with Crippen molar-refractivity contribution in [2.24, 2.45) is 0 Å². The minimum Gasteiger partial charge on any atom is -0.496 e. The molecule has 0 fully saturated rings. The predicted molar refractivity (Wildman–Crippen MR) is 61.5 cm³/mol. The van der Waals surface area contributed by atoms with Crippen LogP contribution in [-0.2, 0) is 0 Å². The van der Waals surface area contributed by atoms with Gasteiger partial charge < -0.3 is 4.74 Å². The van der Waals surface area contributed by atoms with Gasteiger partial charge in [0.15, 0.2) is 6.29 Å². The summed E-state index contributed by atoms with van der Waals surface area (Å²) in [6.45, 7) is 0. The van der Waals surface area contributed by atoms with Gasteiger partial charge in [-0.15, -0.1) is 11.3 Å². The smallest absolute Gasteiger partial charge is 0.154 e. The minimum atomic E-state index is 0.572. The lowest BCUT2D eigenvalue weighted by Crippen LogP contribution is -1.91. The average molecular weight is 271 g/mol. The quantitative estimate of drug-likeness (QED) is 0.781. The van der Waals surface area contributed by atoms with E-state index in [2.05, 4.69) is 15.9 Å². The minimum absolute atomic E-state index is 0.572. The third-order valence-corrected chi connectivity index (χ3v) is 4.06. The second-order valence-electron chi connectivity index (χ2n) is 2.76. The largest absolute Gasteiger partial charge is 0.496 e. The first kappa shape index (κ1) is 9.68. The van der Waals surface area contributed by atoms with Crippen molar-refractivity contribution in [2.75, 3.05) is 7.11 Å². The summed E-state index contributed by atoms with van der Waals surface area (Å²) in [6.07, 6.45) is 0.808. The Hall–Kier alpha value is -0.870. The van der Waals surface area contributed by atoms with Gasteiger partial charge >= 0.3 is 0 Å². The number of hydrogen-bond acceptors (Lipinski definition) is 3. The second-order valence-corrected chi connectivity index (χ2v) is 4.47. The van der Waals surface area contributed by atoms with Crippen molar-refractivity contribution in [3.63, 3.8) is 0 Å². The van der Waals surface area contributed by atoms with Crippen molar-refractivity contribution in [2.45, 2.75) is 0 Å². The van der Waals surface area contributed by atoms with Gasteiger partial charge in [0.25, 0.3) is 0 Å². The highest BCUT2D eigenvalue weighted by Gasteiger charge is 2.11. The van der Waals surface area contributed by atoms with Gasteiger partial charge in [-0.3, -0.25) is 4.79 Å². The van der Waals surface area contributed by atoms with Crippen LogP contribution >= 0.6 is 27.3 Å². The number of carbonyl (C=O) groups excluding carboxylic acids is 1. The van der Waals surface area contributed by atoms with E-state index < -0.39 is 0 Å². The summed E-state index contributed by atoms with van der Waals surface area (Å²) < 4.78 is 7.03. The normalized spacial score (nSPS) is 10.4. The van der Waals surface area contributed by atoms with Crippen LogP contribution in [0, 0.1) is 0 Å². The molecule has 72 valence electrons. The number of rotatable bonds is 2. The number of methoxy groups -OCH3 is 1. The molecular weight excluding hydrogens is 264 g/mol. The molecule has 0 saturated heterocycles. The van der Waals surface area contributed by atoms with Crippen molar-refractivity contribution >= 4 is 43.6 Å². The summed E-state index contributed by atoms with van der Waals surface area (Å²) in [5.41, 5.74) is 0.572. The molecule has 0 bridgehead atoms. The van der Waals surface area contributed by atoms with Crippen LogP contribution in [0.5, 0.6) is 5.75 Å². The van der Waals surface area contributed by atoms with Crippen LogP contribution in [0.25, 0.3) is 10.1 Å². The Morgan fingerprint density at radius 2 is 2.36 bits per heavy atom. The summed E-state index contributed by atoms with van der Waals surface area (Å²) in [5, 5.41) is 3.08. The molecule has 0 amide bonds. The van der Waals surface area contributed by atoms with E-state index in [0.29, 0.717) is 11.3 Å². The number of aldehydes is 1. The fraction of sp³-hybridized carbons (Fsp3) is 0.100. The first-order chi connectivity index (χ1) is 6.77. The molecule has 1 heterocycles. The van der Waals surface area contributed by atoms with Gasteiger partial charge in [0, 0.05) is 9.17 Å². The molecule has 2 nitrogen and oxygen atoms in total. The van der Waals surface area contributed by atoms with E-state index in [9.17, 15) is 4.79 Å². The lowest BCUT2D eigenvalue weighted by Gasteiger charge is -2.06. The van der Waals surface area contributed by atoms with Crippen LogP contribution in [0.1, 0.15) is 10.4 Å². The maximum atomic E-state index is 10.9. The molecule has 0 radical (unpaired) electrons. The van der Waals surface area contributed by atoms with E-state index >= 15 is 0 Å². The summed E-state index contributed by atoms with van der Waals surface area (Å²) in [7, 11) is 1.56. The number of ether oxygens (including phenoxy) is 1. The number of halogens is 1. The van der Waals surface area contributed by atoms with Crippen molar-refractivity contribution in [1.29, 1.82) is 0 Å². The predicted octanol–water partition coefficient (Wildman–Crippen LogP) is 3.48. The van der Waals surface area contributed by atoms with E-state index in [0.717, 1.165) is 20.8 Å². The van der Waals surface area contributed by atoms with E-state index in [-0.39, 0.29) is 0 Å². The molecule has 0 spiro atoms. The number of thiophene rings is 1. The van der Waals surface area contributed by atoms with E-state index in [1.165, 1.54) is 0 Å². The summed E-state index contributed by atoms with van der Waals surface area (Å²) in [5.74, 6) is 0.609. The van der Waals surface area contributed by atoms with E-state index in [1.54, 1.807) is 18.4 Å². The van der Waals surface area contributed by atoms with Crippen molar-refractivity contribution in [1.82, 2.24) is 0 Å². The Morgan fingerprint density at radius 3 is 3.00 bits per heavy atom. The highest BCUT2D eigenvalue weighted by molar-refractivity contribution is 9.10. The van der Waals surface area contributed by atoms with Gasteiger partial charge in [0.05, 0.1) is 12.7 Å². The molecule has 14 heavy (non-hydrogen) atoms. The molecule has 0 atom stereocenters. The van der Waals surface area contributed by atoms with Crippen LogP contribution in [0.4, 0.5) is 0 Å². The van der Waals surface area contributed by atoms with Crippen molar-refractivity contribution in [3.05, 3.63) is 27.5 Å². The van der Waals surface area contributed by atoms with E-state index in [1.807, 2.05) is 17.5 Å². The zero-order valence-corrected chi connectivity index (χ0v) is 9.81. The fourth-order valence-corrected chi connectivity index (χ4v) is 2.96. The van der Waals surface area contributed by atoms with Crippen molar-refractivity contribution in [3.8, 4) is 5.75 Å². The van der Waals surface area contributed by atoms with Gasteiger partial charge in [-0.05, 0) is 38.8 Å². The Labute approximate surface area is 93.6 Å². The third-order valence-electron chi connectivity index (χ3n) is 2.02. The van der Waals surface area contributed by atoms with E-state index in [4.69, 9.17) is 4.74 Å². The summed E-state index contributed by atoms with van der Waals surface area (Å²) >= 11 is 5.01. The molecule has 2 aromatic rings. The SMILES string of the molecule is COc1cc2ccsc2c(Br)c1C=O. The summed E-state index contributed by atoms with van der Waals surface area (Å²) in [4.78, 5) is 10.9. The molecule has 0 aliphatic heterocycles. The molecule has 1 aromatic heterocycles. The maximum Gasteiger partial charge on any atom is 0.154 e. The number of fused-ring (bicyclic) bond motifs is 1. The third kappa shape index (κ3) is 1.35. The van der Waals surface area contributed by atoms with Crippen LogP contribution in [0.3, 0.4) is 0 Å². The Bertz CT molecular complexity index is 490.